The number of hydrogen-bond acceptors (Lipinski definition) is 4. The fraction of sp³-hybridized carbons (Fsp3) is 0.688. The summed E-state index contributed by atoms with van der Waals surface area (Å²) in [6.45, 7) is 8.14. The lowest BCUT2D eigenvalue weighted by atomic mass is 10.1. The van der Waals surface area contributed by atoms with E-state index < -0.39 is 24.2 Å². The SMILES string of the molecule is C=CCC1=NCC[N+]1(C(C)O)C(C)C(=O)O.C[N+](C)(C)CC(=O)O. The number of aliphatic imine (C=N–C) groups is 1. The maximum Gasteiger partial charge on any atom is 0.362 e. The summed E-state index contributed by atoms with van der Waals surface area (Å²) in [6.07, 6.45) is 1.43. The van der Waals surface area contributed by atoms with Gasteiger partial charge in [0.05, 0.1) is 34.1 Å². The van der Waals surface area contributed by atoms with Crippen LogP contribution in [0.2, 0.25) is 0 Å². The molecule has 138 valence electrons. The Kier molecular flexibility index (Phi) is 8.25. The summed E-state index contributed by atoms with van der Waals surface area (Å²) < 4.78 is 0.511. The Balaban J connectivity index is 0.000000561. The van der Waals surface area contributed by atoms with E-state index in [2.05, 4.69) is 11.6 Å². The molecule has 3 atom stereocenters. The van der Waals surface area contributed by atoms with Crippen molar-refractivity contribution >= 4 is 17.8 Å². The molecule has 0 amide bonds. The van der Waals surface area contributed by atoms with E-state index in [9.17, 15) is 14.7 Å². The van der Waals surface area contributed by atoms with Gasteiger partial charge in [-0.1, -0.05) is 6.08 Å². The lowest BCUT2D eigenvalue weighted by Crippen LogP contribution is -2.64. The molecule has 0 spiro atoms. The Morgan fingerprint density at radius 2 is 1.88 bits per heavy atom. The molecule has 3 N–H and O–H groups in total. The third-order valence-corrected chi connectivity index (χ3v) is 3.90. The Labute approximate surface area is 143 Å². The van der Waals surface area contributed by atoms with Crippen molar-refractivity contribution in [3.8, 4) is 0 Å². The van der Waals surface area contributed by atoms with Crippen molar-refractivity contribution in [3.05, 3.63) is 12.7 Å². The molecule has 0 saturated heterocycles. The van der Waals surface area contributed by atoms with Crippen LogP contribution in [0.4, 0.5) is 0 Å². The lowest BCUT2D eigenvalue weighted by Gasteiger charge is -2.40. The second-order valence-electron chi connectivity index (χ2n) is 6.93. The molecule has 0 aromatic carbocycles. The van der Waals surface area contributed by atoms with E-state index in [1.54, 1.807) is 19.9 Å². The van der Waals surface area contributed by atoms with Crippen LogP contribution in [0, 0.1) is 0 Å². The summed E-state index contributed by atoms with van der Waals surface area (Å²) in [7, 11) is 5.52. The van der Waals surface area contributed by atoms with Crippen LogP contribution in [0.5, 0.6) is 0 Å². The Morgan fingerprint density at radius 3 is 2.17 bits per heavy atom. The van der Waals surface area contributed by atoms with Gasteiger partial charge in [0.2, 0.25) is 5.84 Å². The van der Waals surface area contributed by atoms with E-state index in [-0.39, 0.29) is 11.0 Å². The van der Waals surface area contributed by atoms with E-state index in [1.165, 1.54) is 0 Å². The highest BCUT2D eigenvalue weighted by molar-refractivity contribution is 5.82. The number of carboxylic acid groups (broad SMARTS) is 2. The van der Waals surface area contributed by atoms with Crippen molar-refractivity contribution in [1.82, 2.24) is 0 Å². The number of nitrogens with zero attached hydrogens (tertiary/aromatic N) is 3. The molecule has 1 rings (SSSR count). The molecular formula is C16H31N3O5+2. The summed E-state index contributed by atoms with van der Waals surface area (Å²) in [5.74, 6) is -0.961. The number of carboxylic acids is 2. The van der Waals surface area contributed by atoms with Crippen LogP contribution in [0.1, 0.15) is 20.3 Å². The highest BCUT2D eigenvalue weighted by Gasteiger charge is 2.49. The van der Waals surface area contributed by atoms with Gasteiger partial charge in [0.25, 0.3) is 0 Å². The van der Waals surface area contributed by atoms with Crippen molar-refractivity contribution < 1.29 is 33.9 Å². The molecule has 0 radical (unpaired) electrons. The maximum atomic E-state index is 11.1. The smallest absolute Gasteiger partial charge is 0.362 e. The second kappa shape index (κ2) is 8.91. The molecule has 0 aromatic rings. The highest BCUT2D eigenvalue weighted by Crippen LogP contribution is 2.26. The predicted octanol–water partition coefficient (Wildman–Crippen LogP) is 0.380. The minimum atomic E-state index is -0.917. The minimum absolute atomic E-state index is 0.0291. The van der Waals surface area contributed by atoms with E-state index >= 15 is 0 Å². The van der Waals surface area contributed by atoms with Crippen LogP contribution >= 0.6 is 0 Å². The highest BCUT2D eigenvalue weighted by atomic mass is 16.4. The standard InChI is InChI=1S/C11H18N2O3.C5H11NO2/c1-4-5-10-12-6-7-13(10,9(3)14)8(2)11(15)16;1-6(2,3)4-5(7)8/h4,8-9,14H,1,5-7H2,2-3H3;4H2,1-3H3/p+2. The number of aliphatic hydroxyl groups is 1. The molecular weight excluding hydrogens is 314 g/mol. The normalized spacial score (nSPS) is 22.7. The van der Waals surface area contributed by atoms with Crippen LogP contribution in [-0.2, 0) is 9.59 Å². The van der Waals surface area contributed by atoms with Gasteiger partial charge in [0, 0.05) is 6.92 Å². The molecule has 0 fully saturated rings. The largest absolute Gasteiger partial charge is 0.477 e. The summed E-state index contributed by atoms with van der Waals surface area (Å²) in [6, 6.07) is -0.693. The fourth-order valence-corrected chi connectivity index (χ4v) is 2.71. The Bertz CT molecular complexity index is 496. The number of likely N-dealkylation sites (N-methyl/N-ethyl adjacent to an activating group) is 1. The first kappa shape index (κ1) is 22.2. The fourth-order valence-electron chi connectivity index (χ4n) is 2.71. The number of hydrogen-bond donors (Lipinski definition) is 3. The first-order chi connectivity index (χ1) is 10.9. The zero-order valence-corrected chi connectivity index (χ0v) is 15.3. The number of aliphatic carboxylic acids is 2. The van der Waals surface area contributed by atoms with Crippen LogP contribution in [-0.4, -0.2) is 95.1 Å². The van der Waals surface area contributed by atoms with Crippen molar-refractivity contribution in [2.75, 3.05) is 40.8 Å². The third-order valence-electron chi connectivity index (χ3n) is 3.90. The van der Waals surface area contributed by atoms with Crippen LogP contribution in [0.25, 0.3) is 0 Å². The van der Waals surface area contributed by atoms with Gasteiger partial charge in [0.15, 0.2) is 18.8 Å². The van der Waals surface area contributed by atoms with Crippen LogP contribution < -0.4 is 0 Å². The predicted molar refractivity (Wildman–Crippen MR) is 91.6 cm³/mol. The van der Waals surface area contributed by atoms with Gasteiger partial charge in [-0.2, -0.15) is 0 Å². The van der Waals surface area contributed by atoms with Gasteiger partial charge < -0.3 is 19.8 Å². The van der Waals surface area contributed by atoms with Gasteiger partial charge in [-0.3, -0.25) is 0 Å². The first-order valence-corrected chi connectivity index (χ1v) is 7.83. The van der Waals surface area contributed by atoms with Crippen molar-refractivity contribution in [2.45, 2.75) is 32.5 Å². The van der Waals surface area contributed by atoms with Crippen LogP contribution in [0.15, 0.2) is 17.6 Å². The number of amidine groups is 1. The molecule has 3 unspecified atom stereocenters. The van der Waals surface area contributed by atoms with Gasteiger partial charge in [-0.15, -0.1) is 6.58 Å². The maximum absolute atomic E-state index is 11.1. The molecule has 8 heteroatoms. The number of rotatable bonds is 7. The van der Waals surface area contributed by atoms with Crippen LogP contribution in [0.3, 0.4) is 0 Å². The van der Waals surface area contributed by atoms with Crippen molar-refractivity contribution in [1.29, 1.82) is 0 Å². The summed E-state index contributed by atoms with van der Waals surface area (Å²) >= 11 is 0. The van der Waals surface area contributed by atoms with Gasteiger partial charge in [-0.25, -0.2) is 19.1 Å². The molecule has 0 aliphatic carbocycles. The molecule has 0 bridgehead atoms. The van der Waals surface area contributed by atoms with Gasteiger partial charge >= 0.3 is 11.9 Å². The number of aliphatic hydroxyl groups excluding tert-OH is 1. The number of quaternary nitrogens is 2. The van der Waals surface area contributed by atoms with Crippen molar-refractivity contribution in [3.63, 3.8) is 0 Å². The van der Waals surface area contributed by atoms with E-state index in [0.717, 1.165) is 0 Å². The van der Waals surface area contributed by atoms with E-state index in [0.29, 0.717) is 29.8 Å². The zero-order chi connectivity index (χ0) is 19.1. The monoisotopic (exact) mass is 345 g/mol. The zero-order valence-electron chi connectivity index (χ0n) is 15.3. The Hall–Kier alpha value is -1.77. The van der Waals surface area contributed by atoms with Gasteiger partial charge in [0.1, 0.15) is 6.54 Å². The second-order valence-corrected chi connectivity index (χ2v) is 6.93. The number of carbonyl (C=O) groups is 2. The summed E-state index contributed by atoms with van der Waals surface area (Å²) in [5, 5.41) is 27.3. The molecule has 1 aliphatic rings. The van der Waals surface area contributed by atoms with Gasteiger partial charge in [-0.05, 0) is 6.92 Å². The third kappa shape index (κ3) is 6.03. The quantitative estimate of drug-likeness (QED) is 0.457. The lowest BCUT2D eigenvalue weighted by molar-refractivity contribution is -0.897. The molecule has 1 aliphatic heterocycles. The topological polar surface area (TPSA) is 107 Å². The Morgan fingerprint density at radius 1 is 1.33 bits per heavy atom. The van der Waals surface area contributed by atoms with Crippen molar-refractivity contribution in [2.24, 2.45) is 4.99 Å². The minimum Gasteiger partial charge on any atom is -0.477 e. The first-order valence-electron chi connectivity index (χ1n) is 7.83. The molecule has 0 aromatic heterocycles. The summed E-state index contributed by atoms with van der Waals surface area (Å²) in [5.41, 5.74) is 0. The van der Waals surface area contributed by atoms with E-state index in [1.807, 2.05) is 21.1 Å². The molecule has 8 nitrogen and oxygen atoms in total. The average Bonchev–Trinajstić information content (AvgIpc) is 2.80. The summed E-state index contributed by atoms with van der Waals surface area (Å²) in [4.78, 5) is 25.4. The molecule has 0 saturated carbocycles. The molecule has 1 heterocycles. The molecule has 24 heavy (non-hydrogen) atoms. The van der Waals surface area contributed by atoms with E-state index in [4.69, 9.17) is 10.2 Å². The average molecular weight is 345 g/mol.